The van der Waals surface area contributed by atoms with Crippen LogP contribution >= 0.6 is 0 Å². The molecule has 0 spiro atoms. The fourth-order valence-electron chi connectivity index (χ4n) is 3.46. The van der Waals surface area contributed by atoms with Crippen molar-refractivity contribution in [2.24, 2.45) is 0 Å². The molecule has 4 aromatic carbocycles. The molecule has 0 amide bonds. The fourth-order valence-corrected chi connectivity index (χ4v) is 4.34. The van der Waals surface area contributed by atoms with E-state index in [4.69, 9.17) is 15.2 Å². The summed E-state index contributed by atoms with van der Waals surface area (Å²) < 4.78 is 26.6. The molecule has 4 rings (SSSR count). The second-order valence-electron chi connectivity index (χ2n) is 8.07. The molecule has 36 heavy (non-hydrogen) atoms. The van der Waals surface area contributed by atoms with Crippen molar-refractivity contribution in [1.82, 2.24) is 0 Å². The van der Waals surface area contributed by atoms with Gasteiger partial charge in [0.05, 0.1) is 34.6 Å². The minimum absolute atomic E-state index is 0.202. The van der Waals surface area contributed by atoms with Crippen LogP contribution in [0.15, 0.2) is 95.9 Å². The zero-order valence-electron chi connectivity index (χ0n) is 20.0. The molecule has 8 heteroatoms. The third kappa shape index (κ3) is 6.22. The van der Waals surface area contributed by atoms with E-state index in [0.717, 1.165) is 16.8 Å². The summed E-state index contributed by atoms with van der Waals surface area (Å²) in [7, 11) is -0.268. The molecule has 0 heterocycles. The summed E-state index contributed by atoms with van der Waals surface area (Å²) in [5, 5.41) is 3.32. The number of nitrogen functional groups attached to an aromatic ring is 1. The van der Waals surface area contributed by atoms with Gasteiger partial charge in [-0.3, -0.25) is 0 Å². The Morgan fingerprint density at radius 1 is 0.889 bits per heavy atom. The minimum atomic E-state index is -1.56. The molecule has 184 valence electrons. The molecule has 7 nitrogen and oxygen atoms in total. The van der Waals surface area contributed by atoms with E-state index in [0.29, 0.717) is 34.3 Å². The molecular formula is C28H27N3O4S. The fraction of sp³-hybridized carbons (Fsp3) is 0.107. The van der Waals surface area contributed by atoms with Crippen LogP contribution in [-0.4, -0.2) is 17.3 Å². The molecule has 1 atom stereocenters. The number of nitrogens with two attached hydrogens (primary N) is 1. The highest BCUT2D eigenvalue weighted by Gasteiger charge is 2.16. The second-order valence-corrected chi connectivity index (χ2v) is 9.29. The first-order valence-corrected chi connectivity index (χ1v) is 12.4. The number of aryl methyl sites for hydroxylation is 1. The van der Waals surface area contributed by atoms with Crippen molar-refractivity contribution in [2.45, 2.75) is 18.4 Å². The first-order valence-electron chi connectivity index (χ1n) is 11.3. The van der Waals surface area contributed by atoms with Crippen LogP contribution in [-0.2, 0) is 22.3 Å². The van der Waals surface area contributed by atoms with E-state index in [1.54, 1.807) is 48.5 Å². The molecule has 0 fully saturated rings. The molecule has 4 aromatic rings. The molecular weight excluding hydrogens is 474 g/mol. The highest BCUT2D eigenvalue weighted by atomic mass is 32.2. The largest absolute Gasteiger partial charge is 0.465 e. The Bertz CT molecular complexity index is 1380. The topological polar surface area (TPSA) is 103 Å². The normalized spacial score (nSPS) is 11.4. The van der Waals surface area contributed by atoms with Gasteiger partial charge in [-0.05, 0) is 55.0 Å². The lowest BCUT2D eigenvalue weighted by molar-refractivity contribution is 0.0601. The number of carbonyl (C=O) groups is 1. The first kappa shape index (κ1) is 24.8. The Morgan fingerprint density at radius 3 is 2.31 bits per heavy atom. The Labute approximate surface area is 212 Å². The van der Waals surface area contributed by atoms with Gasteiger partial charge in [0.1, 0.15) is 22.5 Å². The third-order valence-electron chi connectivity index (χ3n) is 5.42. The van der Waals surface area contributed by atoms with Crippen LogP contribution in [0, 0.1) is 6.92 Å². The van der Waals surface area contributed by atoms with Gasteiger partial charge in [0.2, 0.25) is 0 Å². The van der Waals surface area contributed by atoms with Crippen LogP contribution in [0.3, 0.4) is 0 Å². The van der Waals surface area contributed by atoms with E-state index >= 15 is 0 Å². The maximum atomic E-state index is 12.8. The number of hydrogen-bond donors (Lipinski definition) is 3. The lowest BCUT2D eigenvalue weighted by Gasteiger charge is -2.14. The zero-order valence-corrected chi connectivity index (χ0v) is 20.8. The van der Waals surface area contributed by atoms with Gasteiger partial charge in [0.15, 0.2) is 0 Å². The Morgan fingerprint density at radius 2 is 1.58 bits per heavy atom. The van der Waals surface area contributed by atoms with Crippen molar-refractivity contribution in [3.05, 3.63) is 108 Å². The van der Waals surface area contributed by atoms with E-state index in [1.807, 2.05) is 49.4 Å². The average Bonchev–Trinajstić information content (AvgIpc) is 2.90. The maximum Gasteiger partial charge on any atom is 0.340 e. The molecule has 0 aliphatic heterocycles. The summed E-state index contributed by atoms with van der Waals surface area (Å²) in [4.78, 5) is 13.1. The third-order valence-corrected chi connectivity index (χ3v) is 6.53. The number of ether oxygens (including phenoxy) is 2. The maximum absolute atomic E-state index is 12.8. The van der Waals surface area contributed by atoms with Crippen LogP contribution in [0.2, 0.25) is 0 Å². The van der Waals surface area contributed by atoms with Crippen molar-refractivity contribution < 1.29 is 18.5 Å². The van der Waals surface area contributed by atoms with Crippen LogP contribution < -0.4 is 20.5 Å². The highest BCUT2D eigenvalue weighted by Crippen LogP contribution is 2.31. The monoisotopic (exact) mass is 501 g/mol. The van der Waals surface area contributed by atoms with Crippen LogP contribution in [0.5, 0.6) is 11.5 Å². The molecule has 0 saturated carbocycles. The van der Waals surface area contributed by atoms with E-state index in [1.165, 1.54) is 7.11 Å². The van der Waals surface area contributed by atoms with Crippen LogP contribution in [0.1, 0.15) is 21.5 Å². The summed E-state index contributed by atoms with van der Waals surface area (Å²) >= 11 is 0. The van der Waals surface area contributed by atoms with E-state index < -0.39 is 17.0 Å². The molecule has 4 N–H and O–H groups in total. The Balaban J connectivity index is 1.52. The van der Waals surface area contributed by atoms with Crippen molar-refractivity contribution in [2.75, 3.05) is 22.9 Å². The summed E-state index contributed by atoms with van der Waals surface area (Å²) in [5.41, 5.74) is 10.2. The summed E-state index contributed by atoms with van der Waals surface area (Å²) in [6.07, 6.45) is 0. The van der Waals surface area contributed by atoms with Gasteiger partial charge in [-0.15, -0.1) is 0 Å². The molecule has 0 aliphatic carbocycles. The average molecular weight is 502 g/mol. The molecule has 0 aromatic heterocycles. The predicted octanol–water partition coefficient (Wildman–Crippen LogP) is 5.90. The van der Waals surface area contributed by atoms with Crippen molar-refractivity contribution in [1.29, 1.82) is 0 Å². The van der Waals surface area contributed by atoms with Crippen molar-refractivity contribution >= 4 is 34.0 Å². The van der Waals surface area contributed by atoms with E-state index in [-0.39, 0.29) is 5.56 Å². The number of carbonyl (C=O) groups excluding carboxylic acids is 1. The summed E-state index contributed by atoms with van der Waals surface area (Å²) in [5.74, 6) is 0.381. The van der Waals surface area contributed by atoms with Gasteiger partial charge in [-0.2, -0.15) is 0 Å². The van der Waals surface area contributed by atoms with Crippen LogP contribution in [0.4, 0.5) is 17.1 Å². The quantitative estimate of drug-likeness (QED) is 0.195. The number of anilines is 3. The minimum Gasteiger partial charge on any atom is -0.465 e. The lowest BCUT2D eigenvalue weighted by Crippen LogP contribution is -2.11. The Hall–Kier alpha value is -4.30. The van der Waals surface area contributed by atoms with Crippen molar-refractivity contribution in [3.63, 3.8) is 0 Å². The number of methoxy groups -OCH3 is 1. The number of esters is 1. The molecule has 0 radical (unpaired) electrons. The number of nitrogens with one attached hydrogen (secondary N) is 2. The SMILES string of the molecule is COC(=O)c1cc(Oc2ccc(N)c(NCc3ccccc3)c2)ccc1NS(=O)c1ccc(C)cc1. The molecule has 1 unspecified atom stereocenters. The summed E-state index contributed by atoms with van der Waals surface area (Å²) in [6, 6.07) is 27.5. The summed E-state index contributed by atoms with van der Waals surface area (Å²) in [6.45, 7) is 2.57. The standard InChI is InChI=1S/C28H27N3O4S/c1-19-8-12-23(13-9-19)36(33)31-26-15-11-21(16-24(26)28(32)34-2)35-22-10-14-25(29)27(17-22)30-18-20-6-4-3-5-7-20/h3-17,30-31H,18,29H2,1-2H3. The van der Waals surface area contributed by atoms with Gasteiger partial charge < -0.3 is 25.2 Å². The van der Waals surface area contributed by atoms with Crippen molar-refractivity contribution in [3.8, 4) is 11.5 Å². The second kappa shape index (κ2) is 11.4. The first-order chi connectivity index (χ1) is 17.4. The highest BCUT2D eigenvalue weighted by molar-refractivity contribution is 7.86. The van der Waals surface area contributed by atoms with Gasteiger partial charge in [-0.25, -0.2) is 9.00 Å². The smallest absolute Gasteiger partial charge is 0.340 e. The number of rotatable bonds is 9. The molecule has 0 saturated heterocycles. The molecule has 0 bridgehead atoms. The zero-order chi connectivity index (χ0) is 25.5. The number of benzene rings is 4. The van der Waals surface area contributed by atoms with Gasteiger partial charge >= 0.3 is 5.97 Å². The molecule has 0 aliphatic rings. The van der Waals surface area contributed by atoms with Gasteiger partial charge in [0, 0.05) is 12.6 Å². The predicted molar refractivity (Wildman–Crippen MR) is 144 cm³/mol. The van der Waals surface area contributed by atoms with E-state index in [9.17, 15) is 9.00 Å². The van der Waals surface area contributed by atoms with E-state index in [2.05, 4.69) is 10.0 Å². The van der Waals surface area contributed by atoms with Gasteiger partial charge in [-0.1, -0.05) is 48.0 Å². The Kier molecular flexibility index (Phi) is 7.87. The number of hydrogen-bond acceptors (Lipinski definition) is 6. The lowest BCUT2D eigenvalue weighted by atomic mass is 10.1. The van der Waals surface area contributed by atoms with Gasteiger partial charge in [0.25, 0.3) is 0 Å². The van der Waals surface area contributed by atoms with Crippen LogP contribution in [0.25, 0.3) is 0 Å².